The van der Waals surface area contributed by atoms with Crippen molar-refractivity contribution in [2.45, 2.75) is 45.7 Å². The van der Waals surface area contributed by atoms with Crippen LogP contribution in [0.15, 0.2) is 66.0 Å². The maximum absolute atomic E-state index is 14.2. The van der Waals surface area contributed by atoms with Crippen LogP contribution in [0.2, 0.25) is 5.02 Å². The van der Waals surface area contributed by atoms with Crippen LogP contribution in [0.1, 0.15) is 61.6 Å². The predicted molar refractivity (Wildman–Crippen MR) is 140 cm³/mol. The van der Waals surface area contributed by atoms with E-state index in [9.17, 15) is 9.59 Å². The summed E-state index contributed by atoms with van der Waals surface area (Å²) in [5.41, 5.74) is 13.7. The first-order valence-corrected chi connectivity index (χ1v) is 12.0. The Hall–Kier alpha value is -3.78. The summed E-state index contributed by atoms with van der Waals surface area (Å²) in [5, 5.41) is 0.248. The number of hydrogen-bond donors (Lipinski definition) is 2. The third-order valence-corrected chi connectivity index (χ3v) is 6.59. The van der Waals surface area contributed by atoms with Crippen LogP contribution in [0.4, 0.5) is 0 Å². The standard InChI is InChI=1S/C27H29ClN6O2/c1-16(18-7-10-21(28)20(13-18)23(29)35)34-24(36)27(33-25(34)30,15-26(2,3)4)19-8-5-17(6-9-19)22-14-31-11-12-32-22/h5-14,16H,15H2,1-4H3,(H2,29,35)(H2,30,33)/t16-,27+/m0/s1. The van der Waals surface area contributed by atoms with Crippen molar-refractivity contribution in [3.8, 4) is 11.3 Å². The highest BCUT2D eigenvalue weighted by atomic mass is 35.5. The summed E-state index contributed by atoms with van der Waals surface area (Å²) in [6, 6.07) is 12.0. The van der Waals surface area contributed by atoms with Gasteiger partial charge in [-0.25, -0.2) is 4.99 Å². The zero-order valence-electron chi connectivity index (χ0n) is 20.7. The molecule has 1 aromatic heterocycles. The average molecular weight is 505 g/mol. The fourth-order valence-electron chi connectivity index (χ4n) is 4.65. The molecule has 0 fully saturated rings. The Kier molecular flexibility index (Phi) is 6.58. The van der Waals surface area contributed by atoms with Gasteiger partial charge in [-0.05, 0) is 42.0 Å². The van der Waals surface area contributed by atoms with E-state index in [0.29, 0.717) is 12.0 Å². The number of aromatic nitrogens is 2. The molecule has 2 heterocycles. The minimum absolute atomic E-state index is 0.116. The number of benzene rings is 2. The summed E-state index contributed by atoms with van der Waals surface area (Å²) in [5.74, 6) is -0.760. The van der Waals surface area contributed by atoms with E-state index in [1.807, 2.05) is 31.2 Å². The lowest BCUT2D eigenvalue weighted by Crippen LogP contribution is -2.45. The summed E-state index contributed by atoms with van der Waals surface area (Å²) in [6.07, 6.45) is 5.39. The molecule has 0 saturated heterocycles. The number of nitrogens with two attached hydrogens (primary N) is 2. The fourth-order valence-corrected chi connectivity index (χ4v) is 4.86. The minimum atomic E-state index is -1.20. The third kappa shape index (κ3) is 4.68. The molecule has 0 radical (unpaired) electrons. The van der Waals surface area contributed by atoms with Gasteiger partial charge in [0.1, 0.15) is 0 Å². The van der Waals surface area contributed by atoms with Gasteiger partial charge in [0.2, 0.25) is 5.91 Å². The highest BCUT2D eigenvalue weighted by molar-refractivity contribution is 6.33. The molecule has 9 heteroatoms. The molecule has 2 atom stereocenters. The Labute approximate surface area is 215 Å². The van der Waals surface area contributed by atoms with Crippen molar-refractivity contribution in [1.82, 2.24) is 14.9 Å². The lowest BCUT2D eigenvalue weighted by Gasteiger charge is -2.34. The predicted octanol–water partition coefficient (Wildman–Crippen LogP) is 4.45. The number of guanidine groups is 1. The van der Waals surface area contributed by atoms with Gasteiger partial charge < -0.3 is 11.5 Å². The number of carbonyl (C=O) groups excluding carboxylic acids is 2. The molecule has 0 bridgehead atoms. The first-order chi connectivity index (χ1) is 16.9. The molecule has 4 N–H and O–H groups in total. The highest BCUT2D eigenvalue weighted by Crippen LogP contribution is 2.45. The van der Waals surface area contributed by atoms with Gasteiger partial charge in [0.05, 0.1) is 28.5 Å². The van der Waals surface area contributed by atoms with E-state index < -0.39 is 17.5 Å². The number of rotatable bonds is 6. The smallest absolute Gasteiger partial charge is 0.262 e. The Balaban J connectivity index is 1.75. The number of nitrogens with zero attached hydrogens (tertiary/aromatic N) is 4. The van der Waals surface area contributed by atoms with Gasteiger partial charge in [-0.3, -0.25) is 24.5 Å². The molecule has 1 aliphatic heterocycles. The molecule has 3 aromatic rings. The zero-order chi connectivity index (χ0) is 26.3. The Morgan fingerprint density at radius 3 is 2.42 bits per heavy atom. The van der Waals surface area contributed by atoms with Gasteiger partial charge in [-0.1, -0.05) is 62.7 Å². The minimum Gasteiger partial charge on any atom is -0.369 e. The lowest BCUT2D eigenvalue weighted by molar-refractivity contribution is -0.134. The molecule has 4 rings (SSSR count). The molecule has 8 nitrogen and oxygen atoms in total. The van der Waals surface area contributed by atoms with E-state index >= 15 is 0 Å². The molecule has 0 unspecified atom stereocenters. The van der Waals surface area contributed by atoms with Crippen LogP contribution >= 0.6 is 11.6 Å². The topological polar surface area (TPSA) is 128 Å². The second-order valence-corrected chi connectivity index (χ2v) is 10.6. The first-order valence-electron chi connectivity index (χ1n) is 11.6. The zero-order valence-corrected chi connectivity index (χ0v) is 21.5. The number of halogens is 1. The van der Waals surface area contributed by atoms with E-state index in [0.717, 1.165) is 16.8 Å². The SMILES string of the molecule is C[C@@H](c1ccc(Cl)c(C(N)=O)c1)N1C(=O)[C@@](CC(C)(C)C)(c2ccc(-c3cnccn3)cc2)N=C1N. The van der Waals surface area contributed by atoms with Crippen molar-refractivity contribution < 1.29 is 9.59 Å². The van der Waals surface area contributed by atoms with Crippen molar-refractivity contribution in [2.24, 2.45) is 21.9 Å². The quantitative estimate of drug-likeness (QED) is 0.512. The number of amides is 2. The average Bonchev–Trinajstić information content (AvgIpc) is 3.08. The van der Waals surface area contributed by atoms with Gasteiger partial charge in [0.15, 0.2) is 11.5 Å². The van der Waals surface area contributed by atoms with Crippen LogP contribution in [0.25, 0.3) is 11.3 Å². The molecule has 1 aliphatic rings. The molecule has 2 aromatic carbocycles. The van der Waals surface area contributed by atoms with Gasteiger partial charge in [0, 0.05) is 18.0 Å². The molecule has 0 saturated carbocycles. The Bertz CT molecular complexity index is 1330. The van der Waals surface area contributed by atoms with E-state index in [1.54, 1.807) is 36.8 Å². The number of carbonyl (C=O) groups is 2. The number of primary amides is 1. The van der Waals surface area contributed by atoms with Crippen LogP contribution in [0.3, 0.4) is 0 Å². The van der Waals surface area contributed by atoms with E-state index in [1.165, 1.54) is 4.90 Å². The van der Waals surface area contributed by atoms with Crippen LogP contribution < -0.4 is 11.5 Å². The van der Waals surface area contributed by atoms with Crippen LogP contribution in [0, 0.1) is 5.41 Å². The molecular formula is C27H29ClN6O2. The van der Waals surface area contributed by atoms with Crippen molar-refractivity contribution in [2.75, 3.05) is 0 Å². The van der Waals surface area contributed by atoms with Crippen molar-refractivity contribution in [3.05, 3.63) is 82.8 Å². The molecule has 2 amide bonds. The van der Waals surface area contributed by atoms with Crippen LogP contribution in [0.5, 0.6) is 0 Å². The van der Waals surface area contributed by atoms with Gasteiger partial charge >= 0.3 is 0 Å². The van der Waals surface area contributed by atoms with E-state index in [4.69, 9.17) is 28.1 Å². The number of hydrogen-bond acceptors (Lipinski definition) is 6. The molecule has 0 spiro atoms. The summed E-state index contributed by atoms with van der Waals surface area (Å²) < 4.78 is 0. The maximum Gasteiger partial charge on any atom is 0.262 e. The van der Waals surface area contributed by atoms with E-state index in [2.05, 4.69) is 30.7 Å². The van der Waals surface area contributed by atoms with Crippen molar-refractivity contribution in [3.63, 3.8) is 0 Å². The third-order valence-electron chi connectivity index (χ3n) is 6.26. The van der Waals surface area contributed by atoms with Crippen molar-refractivity contribution >= 4 is 29.4 Å². The normalized spacial score (nSPS) is 18.8. The molecule has 186 valence electrons. The first kappa shape index (κ1) is 25.3. The van der Waals surface area contributed by atoms with Gasteiger partial charge in [0.25, 0.3) is 5.91 Å². The fraction of sp³-hybridized carbons (Fsp3) is 0.296. The largest absolute Gasteiger partial charge is 0.369 e. The summed E-state index contributed by atoms with van der Waals surface area (Å²) in [4.78, 5) is 40.7. The van der Waals surface area contributed by atoms with Gasteiger partial charge in [-0.2, -0.15) is 0 Å². The van der Waals surface area contributed by atoms with Crippen LogP contribution in [-0.4, -0.2) is 32.6 Å². The Morgan fingerprint density at radius 2 is 1.83 bits per heavy atom. The second kappa shape index (κ2) is 9.35. The van der Waals surface area contributed by atoms with Gasteiger partial charge in [-0.15, -0.1) is 0 Å². The van der Waals surface area contributed by atoms with E-state index in [-0.39, 0.29) is 27.9 Å². The summed E-state index contributed by atoms with van der Waals surface area (Å²) in [6.45, 7) is 8.02. The lowest BCUT2D eigenvalue weighted by atomic mass is 9.75. The number of aliphatic imine (C=N–C) groups is 1. The molecule has 36 heavy (non-hydrogen) atoms. The highest BCUT2D eigenvalue weighted by Gasteiger charge is 2.52. The van der Waals surface area contributed by atoms with Crippen molar-refractivity contribution in [1.29, 1.82) is 0 Å². The Morgan fingerprint density at radius 1 is 1.14 bits per heavy atom. The second-order valence-electron chi connectivity index (χ2n) is 10.2. The molecular weight excluding hydrogens is 476 g/mol. The summed E-state index contributed by atoms with van der Waals surface area (Å²) >= 11 is 6.13. The van der Waals surface area contributed by atoms with Crippen LogP contribution in [-0.2, 0) is 10.3 Å². The summed E-state index contributed by atoms with van der Waals surface area (Å²) in [7, 11) is 0. The molecule has 0 aliphatic carbocycles. The monoisotopic (exact) mass is 504 g/mol. The maximum atomic E-state index is 14.2.